The second-order valence-corrected chi connectivity index (χ2v) is 5.45. The van der Waals surface area contributed by atoms with Crippen LogP contribution in [0.3, 0.4) is 0 Å². The molecule has 1 aromatic carbocycles. The molecule has 0 spiro atoms. The number of amides is 1. The Hall–Kier alpha value is -3.15. The number of hydrogen-bond acceptors (Lipinski definition) is 9. The highest BCUT2D eigenvalue weighted by Crippen LogP contribution is 2.34. The molecule has 1 aliphatic heterocycles. The largest absolute Gasteiger partial charge is 0.493 e. The molecule has 1 fully saturated rings. The summed E-state index contributed by atoms with van der Waals surface area (Å²) >= 11 is 1.16. The Bertz CT molecular complexity index is 778. The van der Waals surface area contributed by atoms with Crippen molar-refractivity contribution in [3.05, 3.63) is 27.8 Å². The molecule has 0 aliphatic carbocycles. The van der Waals surface area contributed by atoms with E-state index in [-0.39, 0.29) is 39.6 Å². The highest BCUT2D eigenvalue weighted by molar-refractivity contribution is 8.15. The number of nitro groups is 1. The number of nitro benzene ring substituents is 1. The van der Waals surface area contributed by atoms with Crippen molar-refractivity contribution < 1.29 is 29.1 Å². The number of carboxylic acid groups (broad SMARTS) is 1. The molecule has 11 nitrogen and oxygen atoms in total. The van der Waals surface area contributed by atoms with Crippen molar-refractivity contribution in [2.45, 2.75) is 0 Å². The first-order valence-electron chi connectivity index (χ1n) is 6.65. The minimum Gasteiger partial charge on any atom is -0.493 e. The van der Waals surface area contributed by atoms with Gasteiger partial charge in [0.25, 0.3) is 5.69 Å². The Balaban J connectivity index is 2.31. The minimum absolute atomic E-state index is 0.0724. The predicted octanol–water partition coefficient (Wildman–Crippen LogP) is 0.620. The molecule has 1 aromatic rings. The Morgan fingerprint density at radius 1 is 1.52 bits per heavy atom. The molecule has 1 saturated heterocycles. The lowest BCUT2D eigenvalue weighted by Gasteiger charge is -2.10. The summed E-state index contributed by atoms with van der Waals surface area (Å²) in [6, 6.07) is 2.32. The zero-order valence-electron chi connectivity index (χ0n) is 12.8. The van der Waals surface area contributed by atoms with E-state index in [1.165, 1.54) is 13.2 Å². The van der Waals surface area contributed by atoms with Gasteiger partial charge >= 0.3 is 5.97 Å². The van der Waals surface area contributed by atoms with Crippen molar-refractivity contribution in [3.8, 4) is 11.5 Å². The molecule has 132 valence electrons. The Morgan fingerprint density at radius 2 is 2.28 bits per heavy atom. The van der Waals surface area contributed by atoms with Gasteiger partial charge in [-0.1, -0.05) is 11.8 Å². The predicted molar refractivity (Wildman–Crippen MR) is 88.4 cm³/mol. The van der Waals surface area contributed by atoms with Gasteiger partial charge < -0.3 is 19.9 Å². The maximum atomic E-state index is 11.2. The van der Waals surface area contributed by atoms with Gasteiger partial charge in [0.1, 0.15) is 0 Å². The van der Waals surface area contributed by atoms with Crippen LogP contribution in [0, 0.1) is 10.1 Å². The van der Waals surface area contributed by atoms with Crippen LogP contribution in [0.25, 0.3) is 0 Å². The number of carboxylic acids is 1. The lowest BCUT2D eigenvalue weighted by Crippen LogP contribution is -2.19. The average molecular weight is 368 g/mol. The van der Waals surface area contributed by atoms with Crippen LogP contribution in [-0.2, 0) is 9.59 Å². The number of carbonyl (C=O) groups excluding carboxylic acids is 1. The molecule has 0 unspecified atom stereocenters. The average Bonchev–Trinajstić information content (AvgIpc) is 2.98. The molecule has 1 heterocycles. The van der Waals surface area contributed by atoms with Crippen LogP contribution in [0.4, 0.5) is 5.69 Å². The molecule has 1 amide bonds. The summed E-state index contributed by atoms with van der Waals surface area (Å²) in [4.78, 5) is 32.2. The third-order valence-electron chi connectivity index (χ3n) is 2.79. The normalized spacial score (nSPS) is 15.4. The topological polar surface area (TPSA) is 153 Å². The lowest BCUT2D eigenvalue weighted by atomic mass is 10.1. The van der Waals surface area contributed by atoms with E-state index in [1.54, 1.807) is 0 Å². The molecule has 0 bridgehead atoms. The molecule has 12 heteroatoms. The van der Waals surface area contributed by atoms with E-state index in [0.717, 1.165) is 24.0 Å². The maximum absolute atomic E-state index is 11.2. The summed E-state index contributed by atoms with van der Waals surface area (Å²) in [5.74, 6) is -1.19. The maximum Gasteiger partial charge on any atom is 0.341 e. The first-order valence-corrected chi connectivity index (χ1v) is 7.64. The lowest BCUT2D eigenvalue weighted by molar-refractivity contribution is -0.385. The van der Waals surface area contributed by atoms with Gasteiger partial charge in [-0.2, -0.15) is 5.10 Å². The zero-order chi connectivity index (χ0) is 18.4. The van der Waals surface area contributed by atoms with Gasteiger partial charge in [-0.15, -0.1) is 5.10 Å². The molecule has 2 N–H and O–H groups in total. The number of thioether (sulfide) groups is 1. The van der Waals surface area contributed by atoms with E-state index in [4.69, 9.17) is 14.6 Å². The van der Waals surface area contributed by atoms with Crippen LogP contribution in [0.2, 0.25) is 0 Å². The van der Waals surface area contributed by atoms with Gasteiger partial charge in [-0.05, 0) is 6.07 Å². The first kappa shape index (κ1) is 18.2. The van der Waals surface area contributed by atoms with Crippen LogP contribution in [0.15, 0.2) is 22.3 Å². The zero-order valence-corrected chi connectivity index (χ0v) is 13.6. The van der Waals surface area contributed by atoms with Crippen LogP contribution in [0.1, 0.15) is 5.56 Å². The van der Waals surface area contributed by atoms with Gasteiger partial charge in [0.05, 0.1) is 35.6 Å². The van der Waals surface area contributed by atoms with Crippen molar-refractivity contribution in [2.75, 3.05) is 19.5 Å². The number of hydrogen-bond donors (Lipinski definition) is 2. The number of methoxy groups -OCH3 is 1. The minimum atomic E-state index is -1.23. The molecule has 0 atom stereocenters. The monoisotopic (exact) mass is 368 g/mol. The number of benzene rings is 1. The van der Waals surface area contributed by atoms with Crippen LogP contribution < -0.4 is 14.8 Å². The van der Waals surface area contributed by atoms with E-state index < -0.39 is 17.5 Å². The fourth-order valence-electron chi connectivity index (χ4n) is 1.76. The number of ether oxygens (including phenoxy) is 2. The SMILES string of the molecule is COc1cc(/C=N/N=C2NC(=O)CS2)c([N+](=O)[O-])cc1OCC(=O)O. The van der Waals surface area contributed by atoms with Crippen LogP contribution in [0.5, 0.6) is 11.5 Å². The van der Waals surface area contributed by atoms with Crippen molar-refractivity contribution in [1.82, 2.24) is 5.32 Å². The van der Waals surface area contributed by atoms with Gasteiger partial charge in [-0.25, -0.2) is 4.79 Å². The smallest absolute Gasteiger partial charge is 0.341 e. The van der Waals surface area contributed by atoms with E-state index in [0.29, 0.717) is 0 Å². The van der Waals surface area contributed by atoms with Gasteiger partial charge in [-0.3, -0.25) is 14.9 Å². The number of amidine groups is 1. The third kappa shape index (κ3) is 4.91. The second kappa shape index (κ2) is 8.10. The fourth-order valence-corrected chi connectivity index (χ4v) is 2.39. The van der Waals surface area contributed by atoms with Gasteiger partial charge in [0, 0.05) is 0 Å². The molecule has 1 aliphatic rings. The van der Waals surface area contributed by atoms with E-state index in [2.05, 4.69) is 15.5 Å². The van der Waals surface area contributed by atoms with E-state index in [1.807, 2.05) is 0 Å². The number of aliphatic carboxylic acids is 1. The highest BCUT2D eigenvalue weighted by atomic mass is 32.2. The van der Waals surface area contributed by atoms with E-state index >= 15 is 0 Å². The first-order chi connectivity index (χ1) is 11.9. The molecule has 0 radical (unpaired) electrons. The summed E-state index contributed by atoms with van der Waals surface area (Å²) in [5, 5.41) is 30.1. The van der Waals surface area contributed by atoms with Gasteiger partial charge in [0.15, 0.2) is 23.3 Å². The summed E-state index contributed by atoms with van der Waals surface area (Å²) in [6.07, 6.45) is 1.12. The standard InChI is InChI=1S/C13H12N4O7S/c1-23-9-2-7(4-14-16-13-15-11(18)6-25-13)8(17(21)22)3-10(9)24-5-12(19)20/h2-4H,5-6H2,1H3,(H,19,20)(H,15,16,18)/b14-4+. The molecule has 0 aromatic heterocycles. The molecular weight excluding hydrogens is 356 g/mol. The Morgan fingerprint density at radius 3 is 2.84 bits per heavy atom. The Kier molecular flexibility index (Phi) is 5.89. The van der Waals surface area contributed by atoms with Crippen LogP contribution in [-0.4, -0.2) is 52.8 Å². The van der Waals surface area contributed by atoms with Crippen molar-refractivity contribution in [3.63, 3.8) is 0 Å². The van der Waals surface area contributed by atoms with Crippen molar-refractivity contribution in [1.29, 1.82) is 0 Å². The Labute approximate surface area is 144 Å². The number of carbonyl (C=O) groups is 2. The van der Waals surface area contributed by atoms with Crippen molar-refractivity contribution in [2.24, 2.45) is 10.2 Å². The number of nitrogens with zero attached hydrogens (tertiary/aromatic N) is 3. The molecular formula is C13H12N4O7S. The summed E-state index contributed by atoms with van der Waals surface area (Å²) in [6.45, 7) is -0.675. The summed E-state index contributed by atoms with van der Waals surface area (Å²) in [5.41, 5.74) is -0.295. The third-order valence-corrected chi connectivity index (χ3v) is 3.66. The quantitative estimate of drug-likeness (QED) is 0.403. The van der Waals surface area contributed by atoms with Crippen LogP contribution >= 0.6 is 11.8 Å². The fraction of sp³-hybridized carbons (Fsp3) is 0.231. The highest BCUT2D eigenvalue weighted by Gasteiger charge is 2.20. The number of nitrogens with one attached hydrogen (secondary N) is 1. The van der Waals surface area contributed by atoms with Gasteiger partial charge in [0.2, 0.25) is 5.91 Å². The molecule has 2 rings (SSSR count). The second-order valence-electron chi connectivity index (χ2n) is 4.49. The van der Waals surface area contributed by atoms with E-state index in [9.17, 15) is 19.7 Å². The molecule has 0 saturated carbocycles. The molecule has 25 heavy (non-hydrogen) atoms. The summed E-state index contributed by atoms with van der Waals surface area (Å²) in [7, 11) is 1.31. The summed E-state index contributed by atoms with van der Waals surface area (Å²) < 4.78 is 10.0. The number of rotatable bonds is 7. The van der Waals surface area contributed by atoms with Crippen molar-refractivity contribution >= 4 is 40.7 Å².